The van der Waals surface area contributed by atoms with E-state index in [1.54, 1.807) is 6.92 Å². The number of rotatable bonds is 2. The normalized spacial score (nSPS) is 7.30. The Morgan fingerprint density at radius 2 is 2.10 bits per heavy atom. The van der Waals surface area contributed by atoms with Gasteiger partial charge in [-0.15, -0.1) is 0 Å². The molecule has 56 valence electrons. The van der Waals surface area contributed by atoms with Crippen LogP contribution in [-0.4, -0.2) is 18.1 Å². The Bertz CT molecular complexity index is 120. The Labute approximate surface area is 60.0 Å². The Morgan fingerprint density at radius 1 is 1.50 bits per heavy atom. The number of H-pyrrole nitrogens is 1. The summed E-state index contributed by atoms with van der Waals surface area (Å²) in [6.45, 7) is 2.66. The Kier molecular flexibility index (Phi) is 6.78. The second-order valence-electron chi connectivity index (χ2n) is 1.44. The molecule has 0 aliphatic carbocycles. The predicted molar refractivity (Wildman–Crippen MR) is 38.5 cm³/mol. The molecule has 0 aromatic carbocycles. The van der Waals surface area contributed by atoms with Gasteiger partial charge in [-0.1, -0.05) is 0 Å². The maximum absolute atomic E-state index is 9.18. The molecule has 1 heterocycles. The minimum absolute atomic E-state index is 0.431. The minimum Gasteiger partial charge on any atom is -0.468 e. The average Bonchev–Trinajstić information content (AvgIpc) is 2.44. The van der Waals surface area contributed by atoms with Gasteiger partial charge in [0.15, 0.2) is 0 Å². The lowest BCUT2D eigenvalue weighted by molar-refractivity contribution is -0.128. The molecule has 10 heavy (non-hydrogen) atoms. The molecule has 0 unspecified atom stereocenters. The number of hydrogen-bond acceptors (Lipinski definition) is 2. The van der Waals surface area contributed by atoms with Crippen LogP contribution in [0.4, 0.5) is 0 Å². The Morgan fingerprint density at radius 3 is 2.20 bits per heavy atom. The lowest BCUT2D eigenvalue weighted by Gasteiger charge is -1.79. The van der Waals surface area contributed by atoms with Crippen LogP contribution in [0.2, 0.25) is 0 Å². The van der Waals surface area contributed by atoms with Gasteiger partial charge in [0.1, 0.15) is 0 Å². The molecule has 0 spiro atoms. The molecule has 0 saturated carbocycles. The minimum atomic E-state index is 0.431. The lowest BCUT2D eigenvalue weighted by Crippen LogP contribution is -1.80. The van der Waals surface area contributed by atoms with Crippen molar-refractivity contribution in [1.82, 2.24) is 4.98 Å². The third-order valence-electron chi connectivity index (χ3n) is 0.731. The highest BCUT2D eigenvalue weighted by atomic mass is 16.5. The molecule has 0 aliphatic rings. The van der Waals surface area contributed by atoms with Crippen molar-refractivity contribution in [2.75, 3.05) is 6.61 Å². The highest BCUT2D eigenvalue weighted by molar-refractivity contribution is 5.36. The van der Waals surface area contributed by atoms with Crippen LogP contribution in [0.15, 0.2) is 24.5 Å². The van der Waals surface area contributed by atoms with Gasteiger partial charge in [0.05, 0.1) is 6.61 Å². The van der Waals surface area contributed by atoms with Crippen molar-refractivity contribution < 1.29 is 9.53 Å². The fourth-order valence-corrected chi connectivity index (χ4v) is 0.346. The predicted octanol–water partition coefficient (Wildman–Crippen LogP) is 1.19. The summed E-state index contributed by atoms with van der Waals surface area (Å²) < 4.78 is 4.15. The third-order valence-corrected chi connectivity index (χ3v) is 0.731. The van der Waals surface area contributed by atoms with E-state index in [0.717, 1.165) is 0 Å². The lowest BCUT2D eigenvalue weighted by atomic mass is 10.7. The highest BCUT2D eigenvalue weighted by Gasteiger charge is 1.60. The summed E-state index contributed by atoms with van der Waals surface area (Å²) in [7, 11) is 0. The summed E-state index contributed by atoms with van der Waals surface area (Å²) in [5.41, 5.74) is 0. The maximum Gasteiger partial charge on any atom is 0.293 e. The molecule has 3 nitrogen and oxygen atoms in total. The highest BCUT2D eigenvalue weighted by Crippen LogP contribution is 1.72. The van der Waals surface area contributed by atoms with Crippen molar-refractivity contribution in [3.8, 4) is 0 Å². The van der Waals surface area contributed by atoms with Crippen LogP contribution in [-0.2, 0) is 9.53 Å². The molecular formula is C7H11NO2. The molecule has 1 aromatic rings. The molecule has 1 N–H and O–H groups in total. The summed E-state index contributed by atoms with van der Waals surface area (Å²) in [6.07, 6.45) is 3.75. The molecule has 0 aliphatic heterocycles. The molecule has 0 fully saturated rings. The molecule has 0 saturated heterocycles. The van der Waals surface area contributed by atoms with Gasteiger partial charge in [0.2, 0.25) is 0 Å². The average molecular weight is 141 g/mol. The van der Waals surface area contributed by atoms with Crippen LogP contribution >= 0.6 is 0 Å². The van der Waals surface area contributed by atoms with E-state index in [9.17, 15) is 4.79 Å². The van der Waals surface area contributed by atoms with Gasteiger partial charge >= 0.3 is 0 Å². The van der Waals surface area contributed by atoms with Crippen LogP contribution < -0.4 is 0 Å². The van der Waals surface area contributed by atoms with E-state index in [1.165, 1.54) is 0 Å². The van der Waals surface area contributed by atoms with E-state index in [4.69, 9.17) is 0 Å². The van der Waals surface area contributed by atoms with Gasteiger partial charge in [0, 0.05) is 12.4 Å². The van der Waals surface area contributed by atoms with Gasteiger partial charge in [-0.05, 0) is 19.1 Å². The molecule has 1 aromatic heterocycles. The fraction of sp³-hybridized carbons (Fsp3) is 0.286. The van der Waals surface area contributed by atoms with Crippen LogP contribution in [0.3, 0.4) is 0 Å². The molecule has 0 radical (unpaired) electrons. The second kappa shape index (κ2) is 7.75. The van der Waals surface area contributed by atoms with Gasteiger partial charge in [0.25, 0.3) is 6.47 Å². The zero-order chi connectivity index (χ0) is 7.66. The quantitative estimate of drug-likeness (QED) is 0.628. The maximum atomic E-state index is 9.18. The van der Waals surface area contributed by atoms with Crippen LogP contribution in [0.1, 0.15) is 6.92 Å². The molecule has 0 amide bonds. The van der Waals surface area contributed by atoms with Gasteiger partial charge < -0.3 is 9.72 Å². The first kappa shape index (κ1) is 8.75. The molecular weight excluding hydrogens is 130 g/mol. The number of ether oxygens (including phenoxy) is 1. The Balaban J connectivity index is 0.000000162. The van der Waals surface area contributed by atoms with E-state index in [2.05, 4.69) is 9.72 Å². The van der Waals surface area contributed by atoms with Crippen molar-refractivity contribution >= 4 is 6.47 Å². The van der Waals surface area contributed by atoms with Crippen molar-refractivity contribution in [3.05, 3.63) is 24.5 Å². The van der Waals surface area contributed by atoms with Crippen molar-refractivity contribution in [2.24, 2.45) is 0 Å². The van der Waals surface area contributed by atoms with Crippen LogP contribution in [0.5, 0.6) is 0 Å². The number of carbonyl (C=O) groups excluding carboxylic acids is 1. The number of nitrogens with one attached hydrogen (secondary N) is 1. The number of aromatic amines is 1. The van der Waals surface area contributed by atoms with Crippen molar-refractivity contribution in [2.45, 2.75) is 6.92 Å². The molecule has 0 atom stereocenters. The topological polar surface area (TPSA) is 42.1 Å². The molecule has 3 heteroatoms. The first-order chi connectivity index (χ1) is 4.91. The monoisotopic (exact) mass is 141 g/mol. The SMILES string of the molecule is CCOC=O.c1cc[nH]c1. The first-order valence-electron chi connectivity index (χ1n) is 3.04. The molecule has 0 bridgehead atoms. The van der Waals surface area contributed by atoms with Crippen LogP contribution in [0.25, 0.3) is 0 Å². The van der Waals surface area contributed by atoms with Gasteiger partial charge in [-0.25, -0.2) is 0 Å². The van der Waals surface area contributed by atoms with E-state index in [0.29, 0.717) is 13.1 Å². The fourth-order valence-electron chi connectivity index (χ4n) is 0.346. The Hall–Kier alpha value is -1.25. The van der Waals surface area contributed by atoms with Crippen LogP contribution in [0, 0.1) is 0 Å². The van der Waals surface area contributed by atoms with Crippen molar-refractivity contribution in [3.63, 3.8) is 0 Å². The zero-order valence-electron chi connectivity index (χ0n) is 5.91. The number of aromatic nitrogens is 1. The summed E-state index contributed by atoms with van der Waals surface area (Å²) in [5, 5.41) is 0. The second-order valence-corrected chi connectivity index (χ2v) is 1.44. The van der Waals surface area contributed by atoms with Crippen molar-refractivity contribution in [1.29, 1.82) is 0 Å². The largest absolute Gasteiger partial charge is 0.468 e. The standard InChI is InChI=1S/C4H5N.C3H6O2/c1-2-4-5-3-1;1-2-5-3-4/h1-5H;3H,2H2,1H3. The summed E-state index contributed by atoms with van der Waals surface area (Å²) in [5.74, 6) is 0. The third kappa shape index (κ3) is 6.75. The van der Waals surface area contributed by atoms with E-state index >= 15 is 0 Å². The van der Waals surface area contributed by atoms with E-state index in [1.807, 2.05) is 24.5 Å². The summed E-state index contributed by atoms with van der Waals surface area (Å²) in [4.78, 5) is 12.0. The zero-order valence-corrected chi connectivity index (χ0v) is 5.91. The number of carbonyl (C=O) groups is 1. The first-order valence-corrected chi connectivity index (χ1v) is 3.04. The van der Waals surface area contributed by atoms with Gasteiger partial charge in [-0.2, -0.15) is 0 Å². The summed E-state index contributed by atoms with van der Waals surface area (Å²) >= 11 is 0. The van der Waals surface area contributed by atoms with E-state index in [-0.39, 0.29) is 0 Å². The van der Waals surface area contributed by atoms with Gasteiger partial charge in [-0.3, -0.25) is 4.79 Å². The summed E-state index contributed by atoms with van der Waals surface area (Å²) in [6, 6.07) is 3.89. The molecule has 1 rings (SSSR count). The smallest absolute Gasteiger partial charge is 0.293 e. The number of hydrogen-bond donors (Lipinski definition) is 1. The van der Waals surface area contributed by atoms with E-state index < -0.39 is 0 Å².